The van der Waals surface area contributed by atoms with Crippen molar-refractivity contribution in [2.24, 2.45) is 0 Å². The van der Waals surface area contributed by atoms with Crippen molar-refractivity contribution < 1.29 is 0 Å². The molecule has 0 spiro atoms. The second-order valence-electron chi connectivity index (χ2n) is 21.6. The van der Waals surface area contributed by atoms with Gasteiger partial charge in [-0.1, -0.05) is 194 Å². The molecule has 0 unspecified atom stereocenters. The third-order valence-electron chi connectivity index (χ3n) is 17.3. The Bertz CT molecular complexity index is 4780. The van der Waals surface area contributed by atoms with Crippen LogP contribution in [0.3, 0.4) is 0 Å². The second kappa shape index (κ2) is 17.8. The number of nitrogens with zero attached hydrogens (tertiary/aromatic N) is 5. The van der Waals surface area contributed by atoms with Crippen molar-refractivity contribution in [3.05, 3.63) is 279 Å². The van der Waals surface area contributed by atoms with Gasteiger partial charge in [0.1, 0.15) is 0 Å². The Morgan fingerprint density at radius 1 is 0.370 bits per heavy atom. The summed E-state index contributed by atoms with van der Waals surface area (Å²) in [4.78, 5) is 10.0. The van der Waals surface area contributed by atoms with Gasteiger partial charge < -0.3 is 23.8 Å². The van der Waals surface area contributed by atoms with Crippen molar-refractivity contribution in [2.45, 2.75) is 16.7 Å². The molecule has 13 aromatic rings. The third kappa shape index (κ3) is 6.65. The molecular weight excluding hydrogens is 1000 g/mol. The molecule has 17 rings (SSSR count). The van der Waals surface area contributed by atoms with E-state index >= 15 is 0 Å². The summed E-state index contributed by atoms with van der Waals surface area (Å²) >= 11 is 1.91. The van der Waals surface area contributed by atoms with Crippen LogP contribution in [0.1, 0.15) is 6.92 Å². The number of hydrogen-bond donors (Lipinski definition) is 0. The molecule has 4 aliphatic heterocycles. The number of allylic oxidation sites excluding steroid dienone is 4. The van der Waals surface area contributed by atoms with Crippen LogP contribution in [0, 0.1) is 0 Å². The van der Waals surface area contributed by atoms with Gasteiger partial charge in [-0.3, -0.25) is 0 Å². The van der Waals surface area contributed by atoms with Gasteiger partial charge in [0.15, 0.2) is 0 Å². The summed E-state index contributed by atoms with van der Waals surface area (Å²) in [5.74, 6) is 0. The maximum Gasteiger partial charge on any atom is 0.252 e. The fourth-order valence-electron chi connectivity index (χ4n) is 14.1. The Kier molecular flexibility index (Phi) is 10.1. The van der Waals surface area contributed by atoms with E-state index < -0.39 is 0 Å². The van der Waals surface area contributed by atoms with Crippen molar-refractivity contribution in [3.8, 4) is 11.4 Å². The molecule has 0 saturated carbocycles. The molecule has 4 aliphatic rings. The van der Waals surface area contributed by atoms with Gasteiger partial charge in [0, 0.05) is 88.2 Å². The zero-order valence-corrected chi connectivity index (χ0v) is 45.2. The molecule has 6 heterocycles. The number of aromatic nitrogens is 2. The maximum absolute atomic E-state index is 4.82. The number of benzene rings is 11. The van der Waals surface area contributed by atoms with Crippen LogP contribution in [-0.2, 0) is 0 Å². The first-order valence-corrected chi connectivity index (χ1v) is 28.8. The van der Waals surface area contributed by atoms with Gasteiger partial charge in [-0.05, 0) is 131 Å². The van der Waals surface area contributed by atoms with Crippen LogP contribution < -0.4 is 47.5 Å². The standard InChI is InChI=1S/C73H49B2N5S/c1-3-4-7-24-47(2)76-64-39-22-16-33-56(64)75-59-45-58-66(46-70(59)81-71-44-51(43-69(76)73(71)75)80-62-37-20-14-31-54(62)55-32-15-21-38-63(55)80)78(49-27-10-6-11-28-49)68-42-50(79-60-35-18-12-29-52(60)53-30-13-19-36-61(53)79)41-67-72(68)74(58)57-34-17-23-40-65(57)77(67)48-25-8-5-9-26-48/h3-46H,2H2,1H3/b4-3-,24-7-. The Hall–Kier alpha value is -9.88. The quantitative estimate of drug-likeness (QED) is 0.117. The fraction of sp³-hybridized carbons (Fsp3) is 0.0137. The lowest BCUT2D eigenvalue weighted by atomic mass is 9.31. The molecule has 5 nitrogen and oxygen atoms in total. The number of fused-ring (bicyclic) bond motifs is 14. The van der Waals surface area contributed by atoms with Gasteiger partial charge >= 0.3 is 0 Å². The summed E-state index contributed by atoms with van der Waals surface area (Å²) in [7, 11) is 0. The fourth-order valence-corrected chi connectivity index (χ4v) is 15.4. The third-order valence-corrected chi connectivity index (χ3v) is 18.5. The summed E-state index contributed by atoms with van der Waals surface area (Å²) in [5, 5.41) is 4.96. The summed E-state index contributed by atoms with van der Waals surface area (Å²) in [6.45, 7) is 6.72. The molecule has 2 aromatic heterocycles. The molecule has 378 valence electrons. The molecular formula is C73H49B2N5S. The van der Waals surface area contributed by atoms with Gasteiger partial charge in [0.25, 0.3) is 6.71 Å². The monoisotopic (exact) mass is 1050 g/mol. The molecule has 0 bridgehead atoms. The molecule has 0 atom stereocenters. The molecule has 0 fully saturated rings. The molecule has 0 radical (unpaired) electrons. The highest BCUT2D eigenvalue weighted by molar-refractivity contribution is 8.00. The van der Waals surface area contributed by atoms with Gasteiger partial charge in [-0.15, -0.1) is 0 Å². The smallest absolute Gasteiger partial charge is 0.252 e. The zero-order valence-electron chi connectivity index (χ0n) is 44.4. The predicted molar refractivity (Wildman–Crippen MR) is 346 cm³/mol. The van der Waals surface area contributed by atoms with Crippen molar-refractivity contribution in [1.29, 1.82) is 0 Å². The van der Waals surface area contributed by atoms with Crippen LogP contribution in [0.4, 0.5) is 45.5 Å². The van der Waals surface area contributed by atoms with E-state index in [1.165, 1.54) is 109 Å². The lowest BCUT2D eigenvalue weighted by Crippen LogP contribution is -2.64. The number of hydrogen-bond acceptors (Lipinski definition) is 4. The number of rotatable bonds is 7. The first kappa shape index (κ1) is 46.1. The summed E-state index contributed by atoms with van der Waals surface area (Å²) in [6, 6.07) is 90.7. The van der Waals surface area contributed by atoms with Crippen molar-refractivity contribution in [2.75, 3.05) is 14.7 Å². The molecule has 11 aromatic carbocycles. The van der Waals surface area contributed by atoms with E-state index in [1.54, 1.807) is 0 Å². The minimum Gasteiger partial charge on any atom is -0.312 e. The Labute approximate surface area is 475 Å². The van der Waals surface area contributed by atoms with E-state index in [-0.39, 0.29) is 13.4 Å². The molecule has 0 N–H and O–H groups in total. The molecule has 0 aliphatic carbocycles. The Morgan fingerprint density at radius 2 is 0.827 bits per heavy atom. The molecule has 0 amide bonds. The Balaban J connectivity index is 0.961. The van der Waals surface area contributed by atoms with Crippen LogP contribution in [0.2, 0.25) is 0 Å². The van der Waals surface area contributed by atoms with Gasteiger partial charge in [-0.2, -0.15) is 0 Å². The normalized spacial score (nSPS) is 13.8. The molecule has 81 heavy (non-hydrogen) atoms. The minimum atomic E-state index is -0.0889. The predicted octanol–water partition coefficient (Wildman–Crippen LogP) is 15.0. The van der Waals surface area contributed by atoms with Crippen LogP contribution in [0.15, 0.2) is 289 Å². The second-order valence-corrected chi connectivity index (χ2v) is 22.7. The summed E-state index contributed by atoms with van der Waals surface area (Å²) in [6.07, 6.45) is 8.40. The molecule has 0 saturated heterocycles. The van der Waals surface area contributed by atoms with E-state index in [2.05, 4.69) is 298 Å². The average Bonchev–Trinajstić information content (AvgIpc) is 4.06. The van der Waals surface area contributed by atoms with E-state index in [0.717, 1.165) is 39.8 Å². The highest BCUT2D eigenvalue weighted by Gasteiger charge is 2.47. The minimum absolute atomic E-state index is 0.0631. The van der Waals surface area contributed by atoms with Crippen molar-refractivity contribution in [3.63, 3.8) is 0 Å². The van der Waals surface area contributed by atoms with Crippen molar-refractivity contribution in [1.82, 2.24) is 9.13 Å². The Morgan fingerprint density at radius 3 is 1.40 bits per heavy atom. The zero-order chi connectivity index (χ0) is 53.4. The maximum atomic E-state index is 4.82. The van der Waals surface area contributed by atoms with Crippen LogP contribution >= 0.6 is 11.8 Å². The SMILES string of the molecule is C=C(/C=C\C=C/C)N1c2ccccc2B2c3cc4c(cc3Sc3cc(-n5c6ccccc6c6ccccc65)cc1c32)N(c1ccccc1)c1cc(-n2c3ccccc3c3ccccc32)cc2c1B4c1ccccc1N2c1ccccc1. The van der Waals surface area contributed by atoms with E-state index in [4.69, 9.17) is 6.58 Å². The first-order valence-electron chi connectivity index (χ1n) is 28.0. The van der Waals surface area contributed by atoms with Gasteiger partial charge in [-0.25, -0.2) is 0 Å². The van der Waals surface area contributed by atoms with Crippen molar-refractivity contribution >= 4 is 147 Å². The number of anilines is 8. The van der Waals surface area contributed by atoms with E-state index in [9.17, 15) is 0 Å². The number of para-hydroxylation sites is 8. The largest absolute Gasteiger partial charge is 0.312 e. The van der Waals surface area contributed by atoms with Gasteiger partial charge in [0.2, 0.25) is 6.71 Å². The molecule has 8 heteroatoms. The summed E-state index contributed by atoms with van der Waals surface area (Å²) in [5.41, 5.74) is 24.9. The van der Waals surface area contributed by atoms with E-state index in [0.29, 0.717) is 0 Å². The topological polar surface area (TPSA) is 19.6 Å². The first-order chi connectivity index (χ1) is 40.1. The highest BCUT2D eigenvalue weighted by Crippen LogP contribution is 2.49. The van der Waals surface area contributed by atoms with Gasteiger partial charge in [0.05, 0.1) is 27.8 Å². The average molecular weight is 1050 g/mol. The lowest BCUT2D eigenvalue weighted by molar-refractivity contribution is 1.14. The summed E-state index contributed by atoms with van der Waals surface area (Å²) < 4.78 is 4.95. The lowest BCUT2D eigenvalue weighted by Gasteiger charge is -2.45. The highest BCUT2D eigenvalue weighted by atomic mass is 32.2. The van der Waals surface area contributed by atoms with Crippen LogP contribution in [0.5, 0.6) is 0 Å². The van der Waals surface area contributed by atoms with Crippen LogP contribution in [-0.4, -0.2) is 22.6 Å². The van der Waals surface area contributed by atoms with Crippen LogP contribution in [0.25, 0.3) is 55.0 Å². The van der Waals surface area contributed by atoms with E-state index in [1.807, 2.05) is 11.8 Å².